The van der Waals surface area contributed by atoms with Crippen molar-refractivity contribution < 1.29 is 18.7 Å². The van der Waals surface area contributed by atoms with E-state index in [9.17, 15) is 14.0 Å². The smallest absolute Gasteiger partial charge is 0.341 e. The maximum Gasteiger partial charge on any atom is 0.341 e. The predicted octanol–water partition coefficient (Wildman–Crippen LogP) is 3.87. The van der Waals surface area contributed by atoms with Crippen molar-refractivity contribution in [1.29, 1.82) is 0 Å². The Hall–Kier alpha value is -3.00. The van der Waals surface area contributed by atoms with Crippen LogP contribution in [0.2, 0.25) is 0 Å². The van der Waals surface area contributed by atoms with E-state index >= 15 is 0 Å². The summed E-state index contributed by atoms with van der Waals surface area (Å²) < 4.78 is 20.1. The summed E-state index contributed by atoms with van der Waals surface area (Å²) in [6.45, 7) is 3.80. The van der Waals surface area contributed by atoms with E-state index in [-0.39, 0.29) is 30.4 Å². The zero-order chi connectivity index (χ0) is 19.4. The van der Waals surface area contributed by atoms with Gasteiger partial charge in [-0.25, -0.2) is 14.2 Å². The van der Waals surface area contributed by atoms with Gasteiger partial charge < -0.3 is 14.6 Å². The van der Waals surface area contributed by atoms with Gasteiger partial charge in [0.2, 0.25) is 5.91 Å². The zero-order valence-electron chi connectivity index (χ0n) is 14.9. The number of nitrogens with zero attached hydrogens (tertiary/aromatic N) is 2. The van der Waals surface area contributed by atoms with E-state index in [1.54, 1.807) is 48.3 Å². The maximum absolute atomic E-state index is 13.2. The quantitative estimate of drug-likeness (QED) is 0.652. The maximum atomic E-state index is 13.2. The second-order valence-electron chi connectivity index (χ2n) is 5.73. The number of halogens is 1. The number of esters is 1. The number of benzene rings is 1. The van der Waals surface area contributed by atoms with Crippen LogP contribution < -0.4 is 5.32 Å². The molecule has 0 bridgehead atoms. The fourth-order valence-electron chi connectivity index (χ4n) is 2.59. The number of aryl methyl sites for hydroxylation is 1. The number of hydrogen-bond acceptors (Lipinski definition) is 5. The Bertz CT molecular complexity index is 963. The third-order valence-electron chi connectivity index (χ3n) is 3.92. The molecule has 0 unspecified atom stereocenters. The van der Waals surface area contributed by atoms with Crippen LogP contribution in [-0.4, -0.2) is 28.0 Å². The Labute approximate surface area is 159 Å². The summed E-state index contributed by atoms with van der Waals surface area (Å²) in [5.74, 6) is -0.466. The molecule has 1 amide bonds. The molecule has 0 fully saturated rings. The highest BCUT2D eigenvalue weighted by Crippen LogP contribution is 2.36. The molecule has 0 saturated heterocycles. The van der Waals surface area contributed by atoms with Crippen molar-refractivity contribution in [2.24, 2.45) is 0 Å². The highest BCUT2D eigenvalue weighted by molar-refractivity contribution is 7.15. The molecule has 1 aromatic carbocycles. The van der Waals surface area contributed by atoms with Gasteiger partial charge in [0, 0.05) is 23.3 Å². The first-order chi connectivity index (χ1) is 13.0. The number of thiophene rings is 1. The molecular formula is C19H18FN3O3S. The van der Waals surface area contributed by atoms with Gasteiger partial charge in [-0.1, -0.05) is 12.1 Å². The van der Waals surface area contributed by atoms with Gasteiger partial charge in [0.05, 0.1) is 6.61 Å². The molecule has 140 valence electrons. The number of imidazole rings is 1. The number of ether oxygens (including phenoxy) is 1. The average molecular weight is 387 g/mol. The van der Waals surface area contributed by atoms with Crippen molar-refractivity contribution in [3.63, 3.8) is 0 Å². The van der Waals surface area contributed by atoms with Gasteiger partial charge in [0.25, 0.3) is 0 Å². The van der Waals surface area contributed by atoms with E-state index in [2.05, 4.69) is 10.3 Å². The SMILES string of the molecule is CCOC(=O)c1c(-c2ccc(F)cc2)csc1NC(=O)Cn1ccnc1C. The van der Waals surface area contributed by atoms with Gasteiger partial charge in [-0.2, -0.15) is 0 Å². The largest absolute Gasteiger partial charge is 0.462 e. The van der Waals surface area contributed by atoms with Gasteiger partial charge in [0.15, 0.2) is 0 Å². The molecule has 3 rings (SSSR count). The molecule has 0 atom stereocenters. The van der Waals surface area contributed by atoms with Crippen molar-refractivity contribution in [3.8, 4) is 11.1 Å². The van der Waals surface area contributed by atoms with Gasteiger partial charge in [-0.05, 0) is 31.5 Å². The Balaban J connectivity index is 1.90. The molecule has 2 heterocycles. The van der Waals surface area contributed by atoms with Crippen molar-refractivity contribution >= 4 is 28.2 Å². The van der Waals surface area contributed by atoms with Gasteiger partial charge in [-0.15, -0.1) is 11.3 Å². The Kier molecular flexibility index (Phi) is 5.66. The van der Waals surface area contributed by atoms with Crippen LogP contribution in [0.25, 0.3) is 11.1 Å². The topological polar surface area (TPSA) is 73.2 Å². The summed E-state index contributed by atoms with van der Waals surface area (Å²) >= 11 is 1.22. The minimum Gasteiger partial charge on any atom is -0.462 e. The van der Waals surface area contributed by atoms with Crippen LogP contribution in [0.1, 0.15) is 23.1 Å². The van der Waals surface area contributed by atoms with E-state index in [1.165, 1.54) is 23.5 Å². The van der Waals surface area contributed by atoms with E-state index in [0.717, 1.165) is 0 Å². The first-order valence-electron chi connectivity index (χ1n) is 8.31. The molecule has 0 saturated carbocycles. The molecule has 3 aromatic rings. The van der Waals surface area contributed by atoms with Crippen LogP contribution in [-0.2, 0) is 16.1 Å². The lowest BCUT2D eigenvalue weighted by atomic mass is 10.0. The van der Waals surface area contributed by atoms with Crippen LogP contribution >= 0.6 is 11.3 Å². The number of carbonyl (C=O) groups is 2. The van der Waals surface area contributed by atoms with Crippen molar-refractivity contribution in [2.45, 2.75) is 20.4 Å². The van der Waals surface area contributed by atoms with Gasteiger partial charge in [0.1, 0.15) is 28.8 Å². The number of hydrogen-bond donors (Lipinski definition) is 1. The molecule has 8 heteroatoms. The summed E-state index contributed by atoms with van der Waals surface area (Å²) in [5, 5.41) is 4.92. The van der Waals surface area contributed by atoms with Crippen LogP contribution in [0.4, 0.5) is 9.39 Å². The van der Waals surface area contributed by atoms with Crippen molar-refractivity contribution in [1.82, 2.24) is 9.55 Å². The summed E-state index contributed by atoms with van der Waals surface area (Å²) in [6, 6.07) is 5.81. The molecule has 6 nitrogen and oxygen atoms in total. The van der Waals surface area contributed by atoms with E-state index < -0.39 is 5.97 Å². The average Bonchev–Trinajstić information content (AvgIpc) is 3.22. The lowest BCUT2D eigenvalue weighted by Gasteiger charge is -2.09. The second-order valence-corrected chi connectivity index (χ2v) is 6.61. The molecule has 2 aromatic heterocycles. The first kappa shape index (κ1) is 18.8. The zero-order valence-corrected chi connectivity index (χ0v) is 15.7. The van der Waals surface area contributed by atoms with Crippen LogP contribution in [0.3, 0.4) is 0 Å². The molecule has 1 N–H and O–H groups in total. The Morgan fingerprint density at radius 2 is 2.04 bits per heavy atom. The second kappa shape index (κ2) is 8.13. The molecule has 0 spiro atoms. The molecule has 27 heavy (non-hydrogen) atoms. The van der Waals surface area contributed by atoms with E-state index in [1.807, 2.05) is 0 Å². The van der Waals surface area contributed by atoms with Crippen LogP contribution in [0.5, 0.6) is 0 Å². The highest BCUT2D eigenvalue weighted by Gasteiger charge is 2.23. The Morgan fingerprint density at radius 1 is 1.30 bits per heavy atom. The summed E-state index contributed by atoms with van der Waals surface area (Å²) in [6.07, 6.45) is 3.32. The highest BCUT2D eigenvalue weighted by atomic mass is 32.1. The van der Waals surface area contributed by atoms with Gasteiger partial charge >= 0.3 is 5.97 Å². The summed E-state index contributed by atoms with van der Waals surface area (Å²) in [5.41, 5.74) is 1.53. The normalized spacial score (nSPS) is 10.6. The molecule has 0 radical (unpaired) electrons. The number of anilines is 1. The number of nitrogens with one attached hydrogen (secondary N) is 1. The number of rotatable bonds is 6. The number of aromatic nitrogens is 2. The third-order valence-corrected chi connectivity index (χ3v) is 4.81. The minimum atomic E-state index is -0.535. The standard InChI is InChI=1S/C19H18FN3O3S/c1-3-26-19(25)17-15(13-4-6-14(20)7-5-13)11-27-18(17)22-16(24)10-23-9-8-21-12(23)2/h4-9,11H,3,10H2,1-2H3,(H,22,24). The monoisotopic (exact) mass is 387 g/mol. The summed E-state index contributed by atoms with van der Waals surface area (Å²) in [7, 11) is 0. The number of carbonyl (C=O) groups excluding carboxylic acids is 2. The lowest BCUT2D eigenvalue weighted by molar-refractivity contribution is -0.116. The van der Waals surface area contributed by atoms with E-state index in [0.29, 0.717) is 22.0 Å². The first-order valence-corrected chi connectivity index (χ1v) is 9.19. The lowest BCUT2D eigenvalue weighted by Crippen LogP contribution is -2.20. The van der Waals surface area contributed by atoms with Crippen LogP contribution in [0.15, 0.2) is 42.0 Å². The molecule has 0 aliphatic rings. The molecular weight excluding hydrogens is 369 g/mol. The molecule has 0 aliphatic carbocycles. The number of amides is 1. The summed E-state index contributed by atoms with van der Waals surface area (Å²) in [4.78, 5) is 29.0. The fraction of sp³-hybridized carbons (Fsp3) is 0.211. The Morgan fingerprint density at radius 3 is 2.67 bits per heavy atom. The third kappa shape index (κ3) is 4.22. The van der Waals surface area contributed by atoms with E-state index in [4.69, 9.17) is 4.74 Å². The van der Waals surface area contributed by atoms with Gasteiger partial charge in [-0.3, -0.25) is 4.79 Å². The fourth-order valence-corrected chi connectivity index (χ4v) is 3.56. The van der Waals surface area contributed by atoms with Crippen molar-refractivity contribution in [2.75, 3.05) is 11.9 Å². The van der Waals surface area contributed by atoms with Crippen molar-refractivity contribution in [3.05, 3.63) is 59.2 Å². The minimum absolute atomic E-state index is 0.0812. The molecule has 0 aliphatic heterocycles. The van der Waals surface area contributed by atoms with Crippen LogP contribution in [0, 0.1) is 12.7 Å². The predicted molar refractivity (Wildman–Crippen MR) is 101 cm³/mol.